The summed E-state index contributed by atoms with van der Waals surface area (Å²) < 4.78 is 25.0. The largest absolute Gasteiger partial charge is 0.464 e. The molecule has 0 aromatic carbocycles. The number of nitrogens with zero attached hydrogens (tertiary/aromatic N) is 2. The van der Waals surface area contributed by atoms with E-state index in [0.717, 1.165) is 45.6 Å². The van der Waals surface area contributed by atoms with Gasteiger partial charge in [-0.05, 0) is 60.0 Å². The lowest BCUT2D eigenvalue weighted by molar-refractivity contribution is -0.153. The number of hydrogen-bond acceptors (Lipinski definition) is 7. The van der Waals surface area contributed by atoms with Gasteiger partial charge in [0.15, 0.2) is 0 Å². The Kier molecular flexibility index (Phi) is 12.0. The number of carbonyl (C=O) groups is 1. The minimum atomic E-state index is -2.86. The summed E-state index contributed by atoms with van der Waals surface area (Å²) in [5.74, 6) is 0.601. The Morgan fingerprint density at radius 3 is 2.23 bits per heavy atom. The van der Waals surface area contributed by atoms with Crippen molar-refractivity contribution in [3.63, 3.8) is 0 Å². The van der Waals surface area contributed by atoms with Crippen molar-refractivity contribution in [2.75, 3.05) is 52.1 Å². The van der Waals surface area contributed by atoms with Gasteiger partial charge in [-0.1, -0.05) is 32.2 Å². The molecule has 30 heavy (non-hydrogen) atoms. The Morgan fingerprint density at radius 1 is 1.13 bits per heavy atom. The van der Waals surface area contributed by atoms with Gasteiger partial charge in [0, 0.05) is 37.6 Å². The predicted octanol–water partition coefficient (Wildman–Crippen LogP) is 4.98. The van der Waals surface area contributed by atoms with Crippen molar-refractivity contribution in [2.24, 2.45) is 11.3 Å². The van der Waals surface area contributed by atoms with Gasteiger partial charge in [-0.3, -0.25) is 9.36 Å². The van der Waals surface area contributed by atoms with E-state index in [1.165, 1.54) is 11.4 Å². The van der Waals surface area contributed by atoms with Gasteiger partial charge in [-0.25, -0.2) is 0 Å². The summed E-state index contributed by atoms with van der Waals surface area (Å²) in [6.45, 7) is 16.6. The fourth-order valence-corrected chi connectivity index (χ4v) is 9.69. The van der Waals surface area contributed by atoms with Gasteiger partial charge in [0.2, 0.25) is 0 Å². The van der Waals surface area contributed by atoms with Crippen LogP contribution in [-0.4, -0.2) is 79.7 Å². The standard InChI is InChI=1S/C22H45N2O4PS/c1-9-20(18(2)3)29(26,28-19(4)5)30-17-16-27-21(25)22(6,7)10-11-24-14-12-23(8)13-15-24/h18-20H,9-17H2,1-8H3. The van der Waals surface area contributed by atoms with Crippen LogP contribution in [0, 0.1) is 11.3 Å². The van der Waals surface area contributed by atoms with Crippen LogP contribution in [0.2, 0.25) is 0 Å². The first-order valence-corrected chi connectivity index (χ1v) is 14.7. The smallest absolute Gasteiger partial charge is 0.311 e. The molecule has 8 heteroatoms. The van der Waals surface area contributed by atoms with Crippen molar-refractivity contribution >= 4 is 23.9 Å². The first-order chi connectivity index (χ1) is 13.9. The first-order valence-electron chi connectivity index (χ1n) is 11.4. The molecule has 0 radical (unpaired) electrons. The van der Waals surface area contributed by atoms with Gasteiger partial charge >= 0.3 is 5.97 Å². The van der Waals surface area contributed by atoms with Crippen LogP contribution in [0.5, 0.6) is 0 Å². The summed E-state index contributed by atoms with van der Waals surface area (Å²) in [6.07, 6.45) is 1.50. The van der Waals surface area contributed by atoms with E-state index in [1.54, 1.807) is 0 Å². The van der Waals surface area contributed by atoms with Crippen molar-refractivity contribution in [1.29, 1.82) is 0 Å². The Bertz CT molecular complexity index is 563. The zero-order chi connectivity index (χ0) is 22.9. The summed E-state index contributed by atoms with van der Waals surface area (Å²) in [4.78, 5) is 17.4. The number of piperazine rings is 1. The first kappa shape index (κ1) is 28.0. The molecule has 0 bridgehead atoms. The lowest BCUT2D eigenvalue weighted by Crippen LogP contribution is -2.45. The summed E-state index contributed by atoms with van der Waals surface area (Å²) in [5, 5.41) is 0. The van der Waals surface area contributed by atoms with E-state index < -0.39 is 12.0 Å². The second-order valence-corrected chi connectivity index (χ2v) is 14.6. The van der Waals surface area contributed by atoms with Crippen LogP contribution in [0.25, 0.3) is 0 Å². The normalized spacial score (nSPS) is 19.8. The highest BCUT2D eigenvalue weighted by molar-refractivity contribution is 8.56. The molecular weight excluding hydrogens is 419 g/mol. The van der Waals surface area contributed by atoms with Gasteiger partial charge in [0.25, 0.3) is 6.57 Å². The molecule has 0 aromatic rings. The highest BCUT2D eigenvalue weighted by Crippen LogP contribution is 2.66. The second kappa shape index (κ2) is 12.8. The molecule has 0 saturated carbocycles. The molecule has 1 fully saturated rings. The maximum absolute atomic E-state index is 13.5. The Hall–Kier alpha value is -0.0700. The number of hydrogen-bond donors (Lipinski definition) is 0. The van der Waals surface area contributed by atoms with E-state index in [-0.39, 0.29) is 30.3 Å². The fourth-order valence-electron chi connectivity index (χ4n) is 3.66. The molecule has 0 aliphatic carbocycles. The van der Waals surface area contributed by atoms with E-state index in [4.69, 9.17) is 9.26 Å². The van der Waals surface area contributed by atoms with Crippen LogP contribution in [0.3, 0.4) is 0 Å². The average Bonchev–Trinajstić information content (AvgIpc) is 2.64. The molecule has 6 nitrogen and oxygen atoms in total. The highest BCUT2D eigenvalue weighted by Gasteiger charge is 2.37. The highest BCUT2D eigenvalue weighted by atomic mass is 32.7. The van der Waals surface area contributed by atoms with Crippen LogP contribution >= 0.6 is 18.0 Å². The second-order valence-electron chi connectivity index (χ2n) is 9.66. The molecule has 0 spiro atoms. The molecule has 1 heterocycles. The zero-order valence-electron chi connectivity index (χ0n) is 20.5. The Labute approximate surface area is 189 Å². The third kappa shape index (κ3) is 9.20. The molecule has 0 aromatic heterocycles. The molecule has 178 valence electrons. The van der Waals surface area contributed by atoms with E-state index in [0.29, 0.717) is 5.75 Å². The number of likely N-dealkylation sites (N-methyl/N-ethyl adjacent to an activating group) is 1. The maximum atomic E-state index is 13.5. The van der Waals surface area contributed by atoms with E-state index >= 15 is 0 Å². The maximum Gasteiger partial charge on any atom is 0.311 e. The fraction of sp³-hybridized carbons (Fsp3) is 0.955. The minimum absolute atomic E-state index is 0.0145. The quantitative estimate of drug-likeness (QED) is 0.216. The van der Waals surface area contributed by atoms with E-state index in [2.05, 4.69) is 37.6 Å². The van der Waals surface area contributed by atoms with Crippen LogP contribution in [0.15, 0.2) is 0 Å². The zero-order valence-corrected chi connectivity index (χ0v) is 22.2. The number of rotatable bonds is 13. The lowest BCUT2D eigenvalue weighted by Gasteiger charge is -2.34. The van der Waals surface area contributed by atoms with Gasteiger partial charge in [-0.2, -0.15) is 0 Å². The summed E-state index contributed by atoms with van der Waals surface area (Å²) in [6, 6.07) is 0. The predicted molar refractivity (Wildman–Crippen MR) is 128 cm³/mol. The molecule has 1 aliphatic rings. The van der Waals surface area contributed by atoms with Crippen molar-refractivity contribution < 1.29 is 18.6 Å². The SMILES string of the molecule is CCC(C(C)C)P(=O)(OC(C)C)SCCOC(=O)C(C)(C)CCN1CCN(C)CC1. The number of ether oxygens (including phenoxy) is 1. The molecular formula is C22H45N2O4PS. The van der Waals surface area contributed by atoms with Crippen molar-refractivity contribution in [3.05, 3.63) is 0 Å². The molecule has 0 N–H and O–H groups in total. The van der Waals surface area contributed by atoms with Crippen LogP contribution < -0.4 is 0 Å². The van der Waals surface area contributed by atoms with Crippen LogP contribution in [0.1, 0.15) is 61.3 Å². The third-order valence-corrected chi connectivity index (χ3v) is 11.6. The van der Waals surface area contributed by atoms with Gasteiger partial charge in [0.05, 0.1) is 11.5 Å². The Morgan fingerprint density at radius 2 is 1.73 bits per heavy atom. The molecule has 2 atom stereocenters. The van der Waals surface area contributed by atoms with Crippen molar-refractivity contribution in [2.45, 2.75) is 73.1 Å². The van der Waals surface area contributed by atoms with Gasteiger partial charge in [-0.15, -0.1) is 0 Å². The summed E-state index contributed by atoms with van der Waals surface area (Å²) in [5.41, 5.74) is -0.503. The molecule has 2 unspecified atom stereocenters. The monoisotopic (exact) mass is 464 g/mol. The summed E-state index contributed by atoms with van der Waals surface area (Å²) >= 11 is 1.35. The molecule has 1 rings (SSSR count). The number of esters is 1. The van der Waals surface area contributed by atoms with E-state index in [9.17, 15) is 9.36 Å². The topological polar surface area (TPSA) is 59.1 Å². The Balaban J connectivity index is 2.49. The van der Waals surface area contributed by atoms with Crippen molar-refractivity contribution in [1.82, 2.24) is 9.80 Å². The van der Waals surface area contributed by atoms with Crippen LogP contribution in [-0.2, 0) is 18.6 Å². The summed E-state index contributed by atoms with van der Waals surface area (Å²) in [7, 11) is 2.14. The minimum Gasteiger partial charge on any atom is -0.464 e. The number of carbonyl (C=O) groups excluding carboxylic acids is 1. The molecule has 0 amide bonds. The van der Waals surface area contributed by atoms with Gasteiger partial charge in [0.1, 0.15) is 6.61 Å². The van der Waals surface area contributed by atoms with E-state index in [1.807, 2.05) is 27.7 Å². The third-order valence-electron chi connectivity index (χ3n) is 5.74. The lowest BCUT2D eigenvalue weighted by atomic mass is 9.89. The van der Waals surface area contributed by atoms with Crippen molar-refractivity contribution in [3.8, 4) is 0 Å². The van der Waals surface area contributed by atoms with Gasteiger partial charge < -0.3 is 19.1 Å². The molecule has 1 aliphatic heterocycles. The molecule has 1 saturated heterocycles. The van der Waals surface area contributed by atoms with Crippen LogP contribution in [0.4, 0.5) is 0 Å². The average molecular weight is 465 g/mol.